The molecule has 1 aromatic carbocycles. The van der Waals surface area contributed by atoms with E-state index >= 15 is 0 Å². The number of quaternary nitrogens is 1. The number of aryl methyl sites for hydroxylation is 1. The molecule has 154 valence electrons. The van der Waals surface area contributed by atoms with Crippen molar-refractivity contribution < 1.29 is 14.7 Å². The van der Waals surface area contributed by atoms with Gasteiger partial charge in [0.1, 0.15) is 26.2 Å². The maximum Gasteiger partial charge on any atom is 0.277 e. The average Bonchev–Trinajstić information content (AvgIpc) is 2.77. The summed E-state index contributed by atoms with van der Waals surface area (Å²) in [6, 6.07) is 12.7. The highest BCUT2D eigenvalue weighted by Gasteiger charge is 2.30. The molecule has 29 heavy (non-hydrogen) atoms. The normalized spacial score (nSPS) is 18.2. The van der Waals surface area contributed by atoms with E-state index in [0.29, 0.717) is 12.5 Å². The molecule has 0 spiro atoms. The molecule has 6 heteroatoms. The van der Waals surface area contributed by atoms with Crippen LogP contribution in [0.5, 0.6) is 0 Å². The number of anilines is 2. The van der Waals surface area contributed by atoms with Gasteiger partial charge in [-0.2, -0.15) is 0 Å². The largest absolute Gasteiger partial charge is 0.368 e. The summed E-state index contributed by atoms with van der Waals surface area (Å²) < 4.78 is 0. The number of carbonyl (C=O) groups excluding carboxylic acids is 1. The molecule has 0 atom stereocenters. The van der Waals surface area contributed by atoms with E-state index in [1.54, 1.807) is 0 Å². The maximum atomic E-state index is 12.8. The van der Waals surface area contributed by atoms with Crippen molar-refractivity contribution in [1.29, 1.82) is 0 Å². The van der Waals surface area contributed by atoms with Crippen molar-refractivity contribution in [2.45, 2.75) is 13.8 Å². The molecule has 0 radical (unpaired) electrons. The molecule has 1 amide bonds. The van der Waals surface area contributed by atoms with Crippen molar-refractivity contribution in [3.8, 4) is 0 Å². The molecule has 2 N–H and O–H groups in total. The Bertz CT molecular complexity index is 824. The van der Waals surface area contributed by atoms with Gasteiger partial charge < -0.3 is 14.7 Å². The Morgan fingerprint density at radius 1 is 0.931 bits per heavy atom. The Morgan fingerprint density at radius 3 is 2.38 bits per heavy atom. The summed E-state index contributed by atoms with van der Waals surface area (Å²) in [5.41, 5.74) is 4.00. The SMILES string of the molecule is Cc1cccc(N2CCN(C(=O)C[NH+]3CCN(c4cccc[nH+]4)CC3)CC2)c1C. The van der Waals surface area contributed by atoms with Crippen molar-refractivity contribution in [1.82, 2.24) is 4.90 Å². The third kappa shape index (κ3) is 4.53. The van der Waals surface area contributed by atoms with E-state index in [1.807, 2.05) is 12.3 Å². The first-order valence-corrected chi connectivity index (χ1v) is 10.8. The van der Waals surface area contributed by atoms with Gasteiger partial charge in [-0.05, 0) is 37.1 Å². The number of nitrogens with zero attached hydrogens (tertiary/aromatic N) is 3. The summed E-state index contributed by atoms with van der Waals surface area (Å²) in [5.74, 6) is 1.47. The lowest BCUT2D eigenvalue weighted by Gasteiger charge is -2.37. The number of H-pyrrole nitrogens is 1. The molecule has 4 rings (SSSR count). The van der Waals surface area contributed by atoms with Gasteiger partial charge in [0.15, 0.2) is 6.54 Å². The molecular formula is C23H33N5O+2. The zero-order valence-electron chi connectivity index (χ0n) is 17.7. The molecule has 2 aromatic rings. The summed E-state index contributed by atoms with van der Waals surface area (Å²) in [5, 5.41) is 0. The first kappa shape index (κ1) is 19.7. The van der Waals surface area contributed by atoms with Crippen LogP contribution in [0.25, 0.3) is 0 Å². The number of aromatic amines is 1. The lowest BCUT2D eigenvalue weighted by atomic mass is 10.1. The molecule has 2 aliphatic heterocycles. The molecule has 0 unspecified atom stereocenters. The first-order chi connectivity index (χ1) is 14.1. The van der Waals surface area contributed by atoms with Crippen molar-refractivity contribution >= 4 is 17.4 Å². The predicted molar refractivity (Wildman–Crippen MR) is 115 cm³/mol. The molecule has 1 aromatic heterocycles. The van der Waals surface area contributed by atoms with Crippen LogP contribution in [-0.2, 0) is 4.79 Å². The average molecular weight is 396 g/mol. The number of hydrogen-bond acceptors (Lipinski definition) is 3. The van der Waals surface area contributed by atoms with Gasteiger partial charge in [-0.25, -0.2) is 4.98 Å². The second-order valence-electron chi connectivity index (χ2n) is 8.25. The van der Waals surface area contributed by atoms with Crippen LogP contribution in [-0.4, -0.2) is 69.7 Å². The fourth-order valence-electron chi connectivity index (χ4n) is 4.42. The molecule has 2 saturated heterocycles. The Hall–Kier alpha value is -2.60. The second-order valence-corrected chi connectivity index (χ2v) is 8.25. The molecule has 0 saturated carbocycles. The highest BCUT2D eigenvalue weighted by atomic mass is 16.2. The number of rotatable bonds is 4. The van der Waals surface area contributed by atoms with Crippen LogP contribution in [0.3, 0.4) is 0 Å². The summed E-state index contributed by atoms with van der Waals surface area (Å²) >= 11 is 0. The van der Waals surface area contributed by atoms with Crippen LogP contribution >= 0.6 is 0 Å². The summed E-state index contributed by atoms with van der Waals surface area (Å²) in [7, 11) is 0. The van der Waals surface area contributed by atoms with Gasteiger partial charge in [-0.1, -0.05) is 18.2 Å². The third-order valence-corrected chi connectivity index (χ3v) is 6.45. The number of benzene rings is 1. The number of aromatic nitrogens is 1. The monoisotopic (exact) mass is 395 g/mol. The fraction of sp³-hybridized carbons (Fsp3) is 0.478. The Kier molecular flexibility index (Phi) is 6.00. The lowest BCUT2D eigenvalue weighted by Crippen LogP contribution is -3.16. The first-order valence-electron chi connectivity index (χ1n) is 10.8. The van der Waals surface area contributed by atoms with E-state index in [-0.39, 0.29) is 0 Å². The van der Waals surface area contributed by atoms with Crippen molar-refractivity contribution in [2.75, 3.05) is 68.7 Å². The summed E-state index contributed by atoms with van der Waals surface area (Å²) in [6.45, 7) is 12.5. The standard InChI is InChI=1S/C23H31N5O/c1-19-6-5-7-21(20(19)2)26-14-16-28(17-15-26)23(29)18-25-10-12-27(13-11-25)22-8-3-4-9-24-22/h3-9H,10-18H2,1-2H3/p+2. The van der Waals surface area contributed by atoms with Crippen LogP contribution in [0.1, 0.15) is 11.1 Å². The molecule has 0 bridgehead atoms. The van der Waals surface area contributed by atoms with Gasteiger partial charge in [0, 0.05) is 37.9 Å². The lowest BCUT2D eigenvalue weighted by molar-refractivity contribution is -0.892. The Morgan fingerprint density at radius 2 is 1.69 bits per heavy atom. The van der Waals surface area contributed by atoms with Crippen molar-refractivity contribution in [3.05, 3.63) is 53.7 Å². The Labute approximate surface area is 173 Å². The minimum atomic E-state index is 0.306. The van der Waals surface area contributed by atoms with Gasteiger partial charge >= 0.3 is 0 Å². The Balaban J connectivity index is 1.25. The molecule has 3 heterocycles. The minimum absolute atomic E-state index is 0.306. The maximum absolute atomic E-state index is 12.8. The molecular weight excluding hydrogens is 362 g/mol. The smallest absolute Gasteiger partial charge is 0.277 e. The van der Waals surface area contributed by atoms with Crippen LogP contribution in [0.2, 0.25) is 0 Å². The highest BCUT2D eigenvalue weighted by molar-refractivity contribution is 5.77. The number of pyridine rings is 1. The summed E-state index contributed by atoms with van der Waals surface area (Å²) in [6.07, 6.45) is 1.97. The van der Waals surface area contributed by atoms with E-state index in [1.165, 1.54) is 27.5 Å². The van der Waals surface area contributed by atoms with Crippen molar-refractivity contribution in [3.63, 3.8) is 0 Å². The quantitative estimate of drug-likeness (QED) is 0.803. The fourth-order valence-corrected chi connectivity index (χ4v) is 4.42. The zero-order chi connectivity index (χ0) is 20.2. The van der Waals surface area contributed by atoms with Gasteiger partial charge in [0.25, 0.3) is 11.7 Å². The topological polar surface area (TPSA) is 45.4 Å². The van der Waals surface area contributed by atoms with E-state index in [2.05, 4.69) is 63.9 Å². The highest BCUT2D eigenvalue weighted by Crippen LogP contribution is 2.23. The molecule has 0 aliphatic carbocycles. The molecule has 2 fully saturated rings. The third-order valence-electron chi connectivity index (χ3n) is 6.45. The number of carbonyl (C=O) groups is 1. The van der Waals surface area contributed by atoms with Gasteiger partial charge in [-0.3, -0.25) is 9.69 Å². The van der Waals surface area contributed by atoms with Gasteiger partial charge in [0.05, 0.1) is 6.20 Å². The molecule has 6 nitrogen and oxygen atoms in total. The summed E-state index contributed by atoms with van der Waals surface area (Å²) in [4.78, 5) is 24.4. The van der Waals surface area contributed by atoms with E-state index in [4.69, 9.17) is 0 Å². The van der Waals surface area contributed by atoms with Crippen LogP contribution in [0.4, 0.5) is 11.5 Å². The number of nitrogens with one attached hydrogen (secondary N) is 2. The predicted octanol–water partition coefficient (Wildman–Crippen LogP) is 0.171. The minimum Gasteiger partial charge on any atom is -0.368 e. The van der Waals surface area contributed by atoms with Gasteiger partial charge in [0.2, 0.25) is 0 Å². The van der Waals surface area contributed by atoms with E-state index in [9.17, 15) is 4.79 Å². The number of piperazine rings is 2. The van der Waals surface area contributed by atoms with E-state index < -0.39 is 0 Å². The van der Waals surface area contributed by atoms with Crippen LogP contribution < -0.4 is 19.7 Å². The molecule has 2 aliphatic rings. The number of amides is 1. The zero-order valence-corrected chi connectivity index (χ0v) is 17.7. The van der Waals surface area contributed by atoms with Crippen molar-refractivity contribution in [2.24, 2.45) is 0 Å². The van der Waals surface area contributed by atoms with Crippen LogP contribution in [0.15, 0.2) is 42.6 Å². The second kappa shape index (κ2) is 8.82. The van der Waals surface area contributed by atoms with Gasteiger partial charge in [-0.15, -0.1) is 0 Å². The van der Waals surface area contributed by atoms with E-state index in [0.717, 1.165) is 52.4 Å². The van der Waals surface area contributed by atoms with Crippen LogP contribution in [0, 0.1) is 13.8 Å². The number of hydrogen-bond donors (Lipinski definition) is 1.